The fraction of sp³-hybridized carbons (Fsp3) is 0.538. The van der Waals surface area contributed by atoms with Crippen LogP contribution >= 0.6 is 0 Å². The summed E-state index contributed by atoms with van der Waals surface area (Å²) in [6.07, 6.45) is 1.80. The summed E-state index contributed by atoms with van der Waals surface area (Å²) in [5.41, 5.74) is 4.96. The molecule has 1 atom stereocenters. The minimum Gasteiger partial charge on any atom is -0.309 e. The van der Waals surface area contributed by atoms with E-state index in [-0.39, 0.29) is 11.9 Å². The van der Waals surface area contributed by atoms with E-state index < -0.39 is 0 Å². The first-order valence-corrected chi connectivity index (χ1v) is 5.89. The smallest absolute Gasteiger partial charge is 0.123 e. The van der Waals surface area contributed by atoms with Crippen LogP contribution in [0.25, 0.3) is 0 Å². The summed E-state index contributed by atoms with van der Waals surface area (Å²) in [5.74, 6) is 5.36. The number of halogens is 1. The largest absolute Gasteiger partial charge is 0.309 e. The third kappa shape index (κ3) is 4.81. The number of benzene rings is 1. The zero-order valence-electron chi connectivity index (χ0n) is 10.8. The van der Waals surface area contributed by atoms with Crippen molar-refractivity contribution < 1.29 is 4.39 Å². The van der Waals surface area contributed by atoms with Crippen LogP contribution in [-0.2, 0) is 6.42 Å². The predicted molar refractivity (Wildman–Crippen MR) is 69.1 cm³/mol. The highest BCUT2D eigenvalue weighted by molar-refractivity contribution is 5.27. The van der Waals surface area contributed by atoms with Gasteiger partial charge in [0, 0.05) is 6.04 Å². The van der Waals surface area contributed by atoms with E-state index in [1.165, 1.54) is 6.07 Å². The van der Waals surface area contributed by atoms with Crippen molar-refractivity contribution in [3.8, 4) is 0 Å². The molecule has 1 aromatic rings. The van der Waals surface area contributed by atoms with Gasteiger partial charge >= 0.3 is 0 Å². The Balaban J connectivity index is 2.60. The maximum atomic E-state index is 13.0. The van der Waals surface area contributed by atoms with E-state index in [2.05, 4.69) is 10.3 Å². The average Bonchev–Trinajstić information content (AvgIpc) is 2.26. The zero-order chi connectivity index (χ0) is 12.8. The molecule has 3 N–H and O–H groups in total. The molecule has 0 aromatic heterocycles. The molecule has 0 aliphatic heterocycles. The highest BCUT2D eigenvalue weighted by Crippen LogP contribution is 2.13. The second-order valence-corrected chi connectivity index (χ2v) is 4.73. The number of rotatable bonds is 6. The van der Waals surface area contributed by atoms with Crippen molar-refractivity contribution in [1.82, 2.24) is 10.3 Å². The molecule has 0 spiro atoms. The first-order valence-electron chi connectivity index (χ1n) is 5.89. The van der Waals surface area contributed by atoms with Gasteiger partial charge in [-0.15, -0.1) is 0 Å². The Labute approximate surface area is 103 Å². The normalized spacial score (nSPS) is 13.1. The van der Waals surface area contributed by atoms with Gasteiger partial charge in [-0.1, -0.05) is 6.07 Å². The van der Waals surface area contributed by atoms with Crippen molar-refractivity contribution in [3.63, 3.8) is 0 Å². The van der Waals surface area contributed by atoms with Crippen molar-refractivity contribution in [2.45, 2.75) is 25.8 Å². The lowest BCUT2D eigenvalue weighted by molar-refractivity contribution is 0.358. The molecule has 0 saturated carbocycles. The molecule has 0 aliphatic rings. The fourth-order valence-electron chi connectivity index (χ4n) is 1.81. The molecule has 0 fully saturated rings. The molecule has 0 amide bonds. The summed E-state index contributed by atoms with van der Waals surface area (Å²) in [6.45, 7) is 2.91. The summed E-state index contributed by atoms with van der Waals surface area (Å²) in [6, 6.07) is 5.13. The molecular weight excluding hydrogens is 217 g/mol. The molecule has 4 heteroatoms. The lowest BCUT2D eigenvalue weighted by atomic mass is 9.99. The van der Waals surface area contributed by atoms with Crippen LogP contribution in [-0.4, -0.2) is 31.6 Å². The van der Waals surface area contributed by atoms with Gasteiger partial charge in [-0.3, -0.25) is 11.3 Å². The second kappa shape index (κ2) is 6.69. The van der Waals surface area contributed by atoms with Crippen molar-refractivity contribution in [3.05, 3.63) is 35.1 Å². The van der Waals surface area contributed by atoms with Gasteiger partial charge in [0.25, 0.3) is 0 Å². The van der Waals surface area contributed by atoms with Crippen LogP contribution in [0.4, 0.5) is 4.39 Å². The first kappa shape index (κ1) is 14.1. The van der Waals surface area contributed by atoms with Gasteiger partial charge in [-0.2, -0.15) is 0 Å². The number of nitrogens with two attached hydrogens (primary N) is 1. The molecule has 0 heterocycles. The monoisotopic (exact) mass is 239 g/mol. The molecule has 1 rings (SSSR count). The number of aryl methyl sites for hydroxylation is 1. The molecular formula is C13H22FN3. The number of hydrogen-bond donors (Lipinski definition) is 2. The Morgan fingerprint density at radius 3 is 2.65 bits per heavy atom. The van der Waals surface area contributed by atoms with Gasteiger partial charge in [0.1, 0.15) is 5.82 Å². The van der Waals surface area contributed by atoms with Gasteiger partial charge in [0.2, 0.25) is 0 Å². The van der Waals surface area contributed by atoms with E-state index >= 15 is 0 Å². The van der Waals surface area contributed by atoms with Gasteiger partial charge in [-0.25, -0.2) is 4.39 Å². The lowest BCUT2D eigenvalue weighted by Gasteiger charge is -2.19. The van der Waals surface area contributed by atoms with E-state index in [0.717, 1.165) is 30.5 Å². The van der Waals surface area contributed by atoms with Crippen LogP contribution in [0.3, 0.4) is 0 Å². The van der Waals surface area contributed by atoms with Gasteiger partial charge in [0.05, 0.1) is 0 Å². The summed E-state index contributed by atoms with van der Waals surface area (Å²) in [4.78, 5) is 2.13. The van der Waals surface area contributed by atoms with E-state index in [1.54, 1.807) is 6.07 Å². The molecule has 96 valence electrons. The molecule has 0 aliphatic carbocycles. The standard InChI is InChI=1S/C13H22FN3/c1-10-8-12(14)5-4-11(10)9-13(16-15)6-7-17(2)3/h4-5,8,13,16H,6-7,9,15H2,1-3H3. The van der Waals surface area contributed by atoms with Crippen LogP contribution in [0.15, 0.2) is 18.2 Å². The van der Waals surface area contributed by atoms with Crippen LogP contribution in [0.5, 0.6) is 0 Å². The molecule has 17 heavy (non-hydrogen) atoms. The van der Waals surface area contributed by atoms with Gasteiger partial charge in [0.15, 0.2) is 0 Å². The highest BCUT2D eigenvalue weighted by Gasteiger charge is 2.10. The van der Waals surface area contributed by atoms with E-state index in [0.29, 0.717) is 0 Å². The second-order valence-electron chi connectivity index (χ2n) is 4.73. The molecule has 1 unspecified atom stereocenters. The quantitative estimate of drug-likeness (QED) is 0.583. The number of nitrogens with one attached hydrogen (secondary N) is 1. The molecule has 3 nitrogen and oxygen atoms in total. The lowest BCUT2D eigenvalue weighted by Crippen LogP contribution is -2.39. The van der Waals surface area contributed by atoms with Gasteiger partial charge < -0.3 is 4.90 Å². The third-order valence-electron chi connectivity index (χ3n) is 2.93. The van der Waals surface area contributed by atoms with E-state index in [1.807, 2.05) is 27.1 Å². The van der Waals surface area contributed by atoms with Crippen molar-refractivity contribution in [2.75, 3.05) is 20.6 Å². The highest BCUT2D eigenvalue weighted by atomic mass is 19.1. The third-order valence-corrected chi connectivity index (χ3v) is 2.93. The Morgan fingerprint density at radius 1 is 1.41 bits per heavy atom. The first-order chi connectivity index (χ1) is 8.02. The summed E-state index contributed by atoms with van der Waals surface area (Å²) in [7, 11) is 4.08. The summed E-state index contributed by atoms with van der Waals surface area (Å²) < 4.78 is 13.0. The predicted octanol–water partition coefficient (Wildman–Crippen LogP) is 1.46. The topological polar surface area (TPSA) is 41.3 Å². The number of hydrogen-bond acceptors (Lipinski definition) is 3. The van der Waals surface area contributed by atoms with E-state index in [4.69, 9.17) is 5.84 Å². The Kier molecular flexibility index (Phi) is 5.55. The maximum Gasteiger partial charge on any atom is 0.123 e. The maximum absolute atomic E-state index is 13.0. The Hall–Kier alpha value is -0.970. The van der Waals surface area contributed by atoms with Crippen LogP contribution in [0.2, 0.25) is 0 Å². The molecule has 0 saturated heterocycles. The molecule has 0 bridgehead atoms. The summed E-state index contributed by atoms with van der Waals surface area (Å²) >= 11 is 0. The minimum atomic E-state index is -0.184. The Morgan fingerprint density at radius 2 is 2.12 bits per heavy atom. The van der Waals surface area contributed by atoms with E-state index in [9.17, 15) is 4.39 Å². The zero-order valence-corrected chi connectivity index (χ0v) is 10.8. The minimum absolute atomic E-state index is 0.184. The van der Waals surface area contributed by atoms with Crippen LogP contribution in [0.1, 0.15) is 17.5 Å². The van der Waals surface area contributed by atoms with Crippen molar-refractivity contribution >= 4 is 0 Å². The SMILES string of the molecule is Cc1cc(F)ccc1CC(CCN(C)C)NN. The van der Waals surface area contributed by atoms with Crippen LogP contribution < -0.4 is 11.3 Å². The fourth-order valence-corrected chi connectivity index (χ4v) is 1.81. The number of hydrazine groups is 1. The number of nitrogens with zero attached hydrogens (tertiary/aromatic N) is 1. The Bertz CT molecular complexity index is 353. The molecule has 0 radical (unpaired) electrons. The molecule has 1 aromatic carbocycles. The average molecular weight is 239 g/mol. The van der Waals surface area contributed by atoms with Crippen LogP contribution in [0, 0.1) is 12.7 Å². The van der Waals surface area contributed by atoms with Crippen molar-refractivity contribution in [2.24, 2.45) is 5.84 Å². The van der Waals surface area contributed by atoms with Gasteiger partial charge in [-0.05, 0) is 63.7 Å². The summed E-state index contributed by atoms with van der Waals surface area (Å²) in [5, 5.41) is 0. The van der Waals surface area contributed by atoms with Crippen molar-refractivity contribution in [1.29, 1.82) is 0 Å².